The highest BCUT2D eigenvalue weighted by atomic mass is 16.3. The summed E-state index contributed by atoms with van der Waals surface area (Å²) >= 11 is 0. The Balaban J connectivity index is 2.04. The first-order chi connectivity index (χ1) is 7.17. The van der Waals surface area contributed by atoms with Gasteiger partial charge in [-0.1, -0.05) is 0 Å². The van der Waals surface area contributed by atoms with Crippen LogP contribution in [-0.4, -0.2) is 34.3 Å². The van der Waals surface area contributed by atoms with Gasteiger partial charge in [0.05, 0.1) is 6.10 Å². The van der Waals surface area contributed by atoms with Crippen molar-refractivity contribution in [3.8, 4) is 0 Å². The van der Waals surface area contributed by atoms with E-state index in [4.69, 9.17) is 10.8 Å². The highest BCUT2D eigenvalue weighted by molar-refractivity contribution is 5.51. The maximum absolute atomic E-state index is 9.14. The summed E-state index contributed by atoms with van der Waals surface area (Å²) in [5, 5.41) is 15.2. The van der Waals surface area contributed by atoms with Crippen LogP contribution < -0.4 is 16.4 Å². The fraction of sp³-hybridized carbons (Fsp3) is 0.556. The first-order valence-corrected chi connectivity index (χ1v) is 4.94. The van der Waals surface area contributed by atoms with Crippen LogP contribution in [0.1, 0.15) is 12.8 Å². The number of nitrogens with two attached hydrogens (primary N) is 1. The van der Waals surface area contributed by atoms with Crippen LogP contribution in [0.3, 0.4) is 0 Å². The van der Waals surface area contributed by atoms with Crippen molar-refractivity contribution in [3.63, 3.8) is 0 Å². The van der Waals surface area contributed by atoms with Crippen LogP contribution in [0.15, 0.2) is 6.07 Å². The molecule has 0 spiro atoms. The predicted octanol–water partition coefficient (Wildman–Crippen LogP) is 0.0357. The molecule has 1 aliphatic carbocycles. The number of anilines is 3. The summed E-state index contributed by atoms with van der Waals surface area (Å²) in [7, 11) is 1.78. The second-order valence-corrected chi connectivity index (χ2v) is 3.71. The van der Waals surface area contributed by atoms with Crippen molar-refractivity contribution in [2.45, 2.75) is 25.0 Å². The molecule has 0 atom stereocenters. The molecule has 1 aromatic rings. The van der Waals surface area contributed by atoms with Crippen LogP contribution in [0.25, 0.3) is 0 Å². The molecule has 0 bridgehead atoms. The summed E-state index contributed by atoms with van der Waals surface area (Å²) in [6.07, 6.45) is 1.35. The molecule has 6 heteroatoms. The van der Waals surface area contributed by atoms with Gasteiger partial charge in [0.1, 0.15) is 11.6 Å². The standard InChI is InChI=1S/C9H15N5O/c1-11-7-4-8(14-9(10)13-7)12-5-2-6(15)3-5/h4-6,15H,2-3H2,1H3,(H4,10,11,12,13,14). The Hall–Kier alpha value is -1.56. The molecule has 0 aromatic carbocycles. The number of hydrogen-bond acceptors (Lipinski definition) is 6. The molecule has 15 heavy (non-hydrogen) atoms. The molecule has 5 N–H and O–H groups in total. The average Bonchev–Trinajstić information content (AvgIpc) is 2.14. The van der Waals surface area contributed by atoms with Crippen LogP contribution >= 0.6 is 0 Å². The van der Waals surface area contributed by atoms with Crippen LogP contribution in [-0.2, 0) is 0 Å². The first-order valence-electron chi connectivity index (χ1n) is 4.94. The zero-order valence-corrected chi connectivity index (χ0v) is 8.57. The summed E-state index contributed by atoms with van der Waals surface area (Å²) in [4.78, 5) is 8.05. The highest BCUT2D eigenvalue weighted by Gasteiger charge is 2.27. The summed E-state index contributed by atoms with van der Waals surface area (Å²) in [5.41, 5.74) is 5.55. The summed E-state index contributed by atoms with van der Waals surface area (Å²) in [6, 6.07) is 2.08. The van der Waals surface area contributed by atoms with E-state index in [0.29, 0.717) is 17.7 Å². The number of aliphatic hydroxyl groups excluding tert-OH is 1. The van der Waals surface area contributed by atoms with Crippen molar-refractivity contribution in [3.05, 3.63) is 6.07 Å². The van der Waals surface area contributed by atoms with E-state index in [2.05, 4.69) is 20.6 Å². The lowest BCUT2D eigenvalue weighted by molar-refractivity contribution is 0.0835. The normalized spacial score (nSPS) is 24.4. The lowest BCUT2D eigenvalue weighted by atomic mass is 9.89. The zero-order chi connectivity index (χ0) is 10.8. The Morgan fingerprint density at radius 3 is 2.67 bits per heavy atom. The molecule has 1 aromatic heterocycles. The largest absolute Gasteiger partial charge is 0.393 e. The van der Waals surface area contributed by atoms with E-state index in [9.17, 15) is 0 Å². The number of rotatable bonds is 3. The molecule has 0 amide bonds. The Labute approximate surface area is 87.9 Å². The van der Waals surface area contributed by atoms with Gasteiger partial charge in [0, 0.05) is 19.2 Å². The minimum atomic E-state index is -0.176. The van der Waals surface area contributed by atoms with Gasteiger partial charge >= 0.3 is 0 Å². The van der Waals surface area contributed by atoms with Crippen molar-refractivity contribution in [2.24, 2.45) is 0 Å². The van der Waals surface area contributed by atoms with Gasteiger partial charge in [-0.3, -0.25) is 0 Å². The number of nitrogen functional groups attached to an aromatic ring is 1. The van der Waals surface area contributed by atoms with E-state index in [1.54, 1.807) is 13.1 Å². The van der Waals surface area contributed by atoms with Gasteiger partial charge in [-0.15, -0.1) is 0 Å². The van der Waals surface area contributed by atoms with Crippen molar-refractivity contribution in [1.82, 2.24) is 9.97 Å². The lowest BCUT2D eigenvalue weighted by Gasteiger charge is -2.32. The van der Waals surface area contributed by atoms with Gasteiger partial charge in [0.15, 0.2) is 0 Å². The van der Waals surface area contributed by atoms with E-state index >= 15 is 0 Å². The summed E-state index contributed by atoms with van der Waals surface area (Å²) in [5.74, 6) is 1.62. The average molecular weight is 209 g/mol. The molecule has 6 nitrogen and oxygen atoms in total. The predicted molar refractivity (Wildman–Crippen MR) is 58.6 cm³/mol. The Bertz CT molecular complexity index is 350. The van der Waals surface area contributed by atoms with Crippen molar-refractivity contribution in [2.75, 3.05) is 23.4 Å². The fourth-order valence-electron chi connectivity index (χ4n) is 1.58. The second kappa shape index (κ2) is 3.90. The van der Waals surface area contributed by atoms with E-state index < -0.39 is 0 Å². The topological polar surface area (TPSA) is 96.1 Å². The molecule has 82 valence electrons. The van der Waals surface area contributed by atoms with E-state index in [0.717, 1.165) is 12.8 Å². The van der Waals surface area contributed by atoms with Crippen LogP contribution in [0, 0.1) is 0 Å². The number of nitrogens with one attached hydrogen (secondary N) is 2. The third-order valence-electron chi connectivity index (χ3n) is 2.46. The summed E-state index contributed by atoms with van der Waals surface area (Å²) < 4.78 is 0. The third-order valence-corrected chi connectivity index (χ3v) is 2.46. The molecular weight excluding hydrogens is 194 g/mol. The molecule has 2 rings (SSSR count). The minimum absolute atomic E-state index is 0.176. The first kappa shape index (κ1) is 9.97. The molecule has 1 aliphatic rings. The monoisotopic (exact) mass is 209 g/mol. The number of aromatic nitrogens is 2. The van der Waals surface area contributed by atoms with Gasteiger partial charge in [0.2, 0.25) is 5.95 Å². The van der Waals surface area contributed by atoms with E-state index in [-0.39, 0.29) is 12.1 Å². The smallest absolute Gasteiger partial charge is 0.223 e. The molecule has 0 radical (unpaired) electrons. The Morgan fingerprint density at radius 2 is 2.07 bits per heavy atom. The van der Waals surface area contributed by atoms with Crippen LogP contribution in [0.2, 0.25) is 0 Å². The third kappa shape index (κ3) is 2.27. The quantitative estimate of drug-likeness (QED) is 0.561. The van der Waals surface area contributed by atoms with Crippen molar-refractivity contribution < 1.29 is 5.11 Å². The van der Waals surface area contributed by atoms with Crippen molar-refractivity contribution in [1.29, 1.82) is 0 Å². The molecule has 0 saturated heterocycles. The fourth-order valence-corrected chi connectivity index (χ4v) is 1.58. The van der Waals surface area contributed by atoms with Gasteiger partial charge < -0.3 is 21.5 Å². The maximum atomic E-state index is 9.14. The molecule has 0 aliphatic heterocycles. The van der Waals surface area contributed by atoms with Gasteiger partial charge in [0.25, 0.3) is 0 Å². The van der Waals surface area contributed by atoms with Gasteiger partial charge in [-0.2, -0.15) is 9.97 Å². The van der Waals surface area contributed by atoms with Crippen LogP contribution in [0.5, 0.6) is 0 Å². The molecule has 1 saturated carbocycles. The zero-order valence-electron chi connectivity index (χ0n) is 8.57. The molecule has 0 unspecified atom stereocenters. The Morgan fingerprint density at radius 1 is 1.40 bits per heavy atom. The van der Waals surface area contributed by atoms with Gasteiger partial charge in [-0.25, -0.2) is 0 Å². The number of nitrogens with zero attached hydrogens (tertiary/aromatic N) is 2. The maximum Gasteiger partial charge on any atom is 0.223 e. The van der Waals surface area contributed by atoms with Crippen LogP contribution in [0.4, 0.5) is 17.6 Å². The SMILES string of the molecule is CNc1cc(NC2CC(O)C2)nc(N)n1. The number of aliphatic hydroxyl groups is 1. The second-order valence-electron chi connectivity index (χ2n) is 3.71. The molecule has 1 fully saturated rings. The molecule has 1 heterocycles. The summed E-state index contributed by atoms with van der Waals surface area (Å²) in [6.45, 7) is 0. The molecular formula is C9H15N5O. The number of hydrogen-bond donors (Lipinski definition) is 4. The van der Waals surface area contributed by atoms with E-state index in [1.165, 1.54) is 0 Å². The lowest BCUT2D eigenvalue weighted by Crippen LogP contribution is -2.39. The van der Waals surface area contributed by atoms with Crippen molar-refractivity contribution >= 4 is 17.6 Å². The highest BCUT2D eigenvalue weighted by Crippen LogP contribution is 2.24. The minimum Gasteiger partial charge on any atom is -0.393 e. The van der Waals surface area contributed by atoms with Gasteiger partial charge in [-0.05, 0) is 12.8 Å². The Kier molecular flexibility index (Phi) is 2.59. The van der Waals surface area contributed by atoms with E-state index in [1.807, 2.05) is 0 Å².